The van der Waals surface area contributed by atoms with Crippen molar-refractivity contribution in [1.29, 1.82) is 0 Å². The van der Waals surface area contributed by atoms with Crippen molar-refractivity contribution in [3.63, 3.8) is 0 Å². The van der Waals surface area contributed by atoms with E-state index in [1.54, 1.807) is 11.3 Å². The minimum Gasteiger partial charge on any atom is -0.353 e. The van der Waals surface area contributed by atoms with Gasteiger partial charge in [0.05, 0.1) is 16.2 Å². The number of hydrogen-bond donors (Lipinski definition) is 1. The number of likely N-dealkylation sites (tertiary alicyclic amines) is 1. The molecule has 1 fully saturated rings. The smallest absolute Gasteiger partial charge is 0.230 e. The topological polar surface area (TPSA) is 58.1 Å². The Morgan fingerprint density at radius 3 is 2.96 bits per heavy atom. The van der Waals surface area contributed by atoms with Crippen LogP contribution in [0.25, 0.3) is 10.2 Å². The zero-order valence-corrected chi connectivity index (χ0v) is 15.5. The summed E-state index contributed by atoms with van der Waals surface area (Å²) >= 11 is 9.32. The first-order valence-electron chi connectivity index (χ1n) is 7.55. The quantitative estimate of drug-likeness (QED) is 0.662. The van der Waals surface area contributed by atoms with E-state index in [4.69, 9.17) is 11.6 Å². The molecule has 1 N–H and O–H groups in total. The lowest BCUT2D eigenvalue weighted by molar-refractivity contribution is -0.119. The molecule has 0 unspecified atom stereocenters. The van der Waals surface area contributed by atoms with Crippen LogP contribution in [0.4, 0.5) is 0 Å². The molecule has 0 radical (unpaired) electrons. The fourth-order valence-corrected chi connectivity index (χ4v) is 4.82. The number of aryl methyl sites for hydroxylation is 1. The Balaban J connectivity index is 1.61. The van der Waals surface area contributed by atoms with E-state index >= 15 is 0 Å². The number of carbonyl (C=O) groups is 1. The molecule has 0 atom stereocenters. The molecule has 0 spiro atoms. The minimum atomic E-state index is 0.0550. The zero-order chi connectivity index (χ0) is 16.4. The molecule has 1 aliphatic heterocycles. The number of thiophene rings is 1. The summed E-state index contributed by atoms with van der Waals surface area (Å²) in [6, 6.07) is 0.289. The van der Waals surface area contributed by atoms with Gasteiger partial charge in [0.15, 0.2) is 0 Å². The van der Waals surface area contributed by atoms with Crippen LogP contribution in [-0.4, -0.2) is 52.7 Å². The van der Waals surface area contributed by atoms with Crippen molar-refractivity contribution in [1.82, 2.24) is 20.2 Å². The Morgan fingerprint density at radius 2 is 2.22 bits per heavy atom. The molecule has 0 saturated carbocycles. The number of piperidine rings is 1. The van der Waals surface area contributed by atoms with E-state index in [2.05, 4.69) is 27.2 Å². The van der Waals surface area contributed by atoms with Crippen molar-refractivity contribution >= 4 is 50.8 Å². The van der Waals surface area contributed by atoms with Crippen LogP contribution in [0.2, 0.25) is 5.02 Å². The van der Waals surface area contributed by atoms with Crippen LogP contribution in [0, 0.1) is 6.92 Å². The number of nitrogens with zero attached hydrogens (tertiary/aromatic N) is 3. The largest absolute Gasteiger partial charge is 0.353 e. The van der Waals surface area contributed by atoms with Gasteiger partial charge in [0.2, 0.25) is 5.91 Å². The van der Waals surface area contributed by atoms with Crippen molar-refractivity contribution in [2.24, 2.45) is 0 Å². The molecule has 8 heteroatoms. The van der Waals surface area contributed by atoms with Crippen molar-refractivity contribution in [2.75, 3.05) is 25.9 Å². The number of hydrogen-bond acceptors (Lipinski definition) is 6. The highest BCUT2D eigenvalue weighted by Crippen LogP contribution is 2.38. The number of aromatic nitrogens is 2. The predicted octanol–water partition coefficient (Wildman–Crippen LogP) is 2.96. The summed E-state index contributed by atoms with van der Waals surface area (Å²) in [6.45, 7) is 4.04. The van der Waals surface area contributed by atoms with Crippen LogP contribution in [0.15, 0.2) is 11.4 Å². The van der Waals surface area contributed by atoms with E-state index in [0.717, 1.165) is 46.1 Å². The van der Waals surface area contributed by atoms with Crippen LogP contribution in [0.5, 0.6) is 0 Å². The molecule has 3 heterocycles. The molecule has 2 aromatic heterocycles. The van der Waals surface area contributed by atoms with E-state index in [1.165, 1.54) is 18.1 Å². The minimum absolute atomic E-state index is 0.0550. The fraction of sp³-hybridized carbons (Fsp3) is 0.533. The number of thioether (sulfide) groups is 1. The molecular weight excluding hydrogens is 352 g/mol. The van der Waals surface area contributed by atoms with Crippen molar-refractivity contribution < 1.29 is 4.79 Å². The summed E-state index contributed by atoms with van der Waals surface area (Å²) in [4.78, 5) is 24.9. The zero-order valence-electron chi connectivity index (χ0n) is 13.1. The van der Waals surface area contributed by atoms with Crippen LogP contribution >= 0.6 is 34.7 Å². The van der Waals surface area contributed by atoms with Crippen LogP contribution < -0.4 is 5.32 Å². The van der Waals surface area contributed by atoms with Crippen molar-refractivity contribution in [3.8, 4) is 0 Å². The summed E-state index contributed by atoms with van der Waals surface area (Å²) in [7, 11) is 2.11. The third-order valence-corrected chi connectivity index (χ3v) is 6.57. The molecule has 0 bridgehead atoms. The van der Waals surface area contributed by atoms with Gasteiger partial charge in [-0.15, -0.1) is 11.3 Å². The predicted molar refractivity (Wildman–Crippen MR) is 96.5 cm³/mol. The first-order valence-corrected chi connectivity index (χ1v) is 9.73. The maximum Gasteiger partial charge on any atom is 0.230 e. The molecule has 5 nitrogen and oxygen atoms in total. The Bertz CT molecular complexity index is 713. The highest BCUT2D eigenvalue weighted by Gasteiger charge is 2.19. The maximum absolute atomic E-state index is 12.2. The van der Waals surface area contributed by atoms with Gasteiger partial charge in [0.25, 0.3) is 0 Å². The third-order valence-electron chi connectivity index (χ3n) is 3.98. The molecule has 1 amide bonds. The van der Waals surface area contributed by atoms with Gasteiger partial charge in [0, 0.05) is 10.9 Å². The number of amides is 1. The van der Waals surface area contributed by atoms with E-state index in [9.17, 15) is 4.79 Å². The highest BCUT2D eigenvalue weighted by molar-refractivity contribution is 8.00. The van der Waals surface area contributed by atoms with Crippen LogP contribution in [0.1, 0.15) is 17.7 Å². The molecule has 3 rings (SSSR count). The van der Waals surface area contributed by atoms with E-state index < -0.39 is 0 Å². The first kappa shape index (κ1) is 17.0. The first-order chi connectivity index (χ1) is 11.0. The normalized spacial score (nSPS) is 16.8. The van der Waals surface area contributed by atoms with Gasteiger partial charge in [-0.25, -0.2) is 9.97 Å². The average molecular weight is 371 g/mol. The molecule has 1 saturated heterocycles. The molecule has 23 heavy (non-hydrogen) atoms. The van der Waals surface area contributed by atoms with Gasteiger partial charge in [-0.1, -0.05) is 23.4 Å². The van der Waals surface area contributed by atoms with Crippen LogP contribution in [-0.2, 0) is 4.79 Å². The standard InChI is InChI=1S/C15H19ClN4OS2/c1-9-13(16)12-14(17-8-18-15(12)23-9)22-7-11(21)19-10-3-5-20(2)6-4-10/h8,10H,3-7H2,1-2H3,(H,19,21). The molecule has 0 aliphatic carbocycles. The average Bonchev–Trinajstić information content (AvgIpc) is 2.83. The van der Waals surface area contributed by atoms with Gasteiger partial charge >= 0.3 is 0 Å². The van der Waals surface area contributed by atoms with Gasteiger partial charge in [-0.2, -0.15) is 0 Å². The van der Waals surface area contributed by atoms with Gasteiger partial charge < -0.3 is 10.2 Å². The lowest BCUT2D eigenvalue weighted by atomic mass is 10.1. The third kappa shape index (κ3) is 3.96. The van der Waals surface area contributed by atoms with Gasteiger partial charge in [-0.05, 0) is 39.9 Å². The van der Waals surface area contributed by atoms with Gasteiger partial charge in [0.1, 0.15) is 16.2 Å². The van der Waals surface area contributed by atoms with E-state index in [1.807, 2.05) is 6.92 Å². The van der Waals surface area contributed by atoms with E-state index in [0.29, 0.717) is 10.8 Å². The lowest BCUT2D eigenvalue weighted by Gasteiger charge is -2.29. The molecule has 124 valence electrons. The summed E-state index contributed by atoms with van der Waals surface area (Å²) in [6.07, 6.45) is 3.56. The SMILES string of the molecule is Cc1sc2ncnc(SCC(=O)NC3CCN(C)CC3)c2c1Cl. The van der Waals surface area contributed by atoms with Crippen molar-refractivity contribution in [2.45, 2.75) is 30.8 Å². The Hall–Kier alpha value is -0.890. The number of fused-ring (bicyclic) bond motifs is 1. The Labute approximate surface area is 148 Å². The highest BCUT2D eigenvalue weighted by atomic mass is 35.5. The summed E-state index contributed by atoms with van der Waals surface area (Å²) in [5.74, 6) is 0.406. The van der Waals surface area contributed by atoms with Crippen molar-refractivity contribution in [3.05, 3.63) is 16.2 Å². The fourth-order valence-electron chi connectivity index (χ4n) is 2.65. The molecule has 0 aromatic carbocycles. The lowest BCUT2D eigenvalue weighted by Crippen LogP contribution is -2.43. The van der Waals surface area contributed by atoms with Crippen LogP contribution in [0.3, 0.4) is 0 Å². The second-order valence-corrected chi connectivity index (χ2v) is 8.31. The molecule has 1 aliphatic rings. The monoisotopic (exact) mass is 370 g/mol. The summed E-state index contributed by atoms with van der Waals surface area (Å²) in [5.41, 5.74) is 0. The second kappa shape index (κ2) is 7.34. The molecule has 2 aromatic rings. The summed E-state index contributed by atoms with van der Waals surface area (Å²) < 4.78 is 0. The number of nitrogens with one attached hydrogen (secondary N) is 1. The Kier molecular flexibility index (Phi) is 5.41. The number of carbonyl (C=O) groups excluding carboxylic acids is 1. The molecular formula is C15H19ClN4OS2. The summed E-state index contributed by atoms with van der Waals surface area (Å²) in [5, 5.41) is 5.46. The Morgan fingerprint density at radius 1 is 1.48 bits per heavy atom. The van der Waals surface area contributed by atoms with E-state index in [-0.39, 0.29) is 11.9 Å². The number of halogens is 1. The maximum atomic E-state index is 12.2. The number of rotatable bonds is 4. The second-order valence-electron chi connectivity index (χ2n) is 5.76. The van der Waals surface area contributed by atoms with Gasteiger partial charge in [-0.3, -0.25) is 4.79 Å².